The molecule has 0 aliphatic carbocycles. The van der Waals surface area contributed by atoms with E-state index in [0.717, 1.165) is 22.2 Å². The molecule has 5 aromatic rings. The number of rotatable bonds is 6. The van der Waals surface area contributed by atoms with Gasteiger partial charge in [0.25, 0.3) is 10.0 Å². The molecule has 0 saturated carbocycles. The first kappa shape index (κ1) is 21.7. The SMILES string of the molecule is O=S(=O)(Nc1ncccn1)c1ccc(N=Nc2c(-c3ccc(Cl)cc3)[nH]c3ccccc23)cc1. The van der Waals surface area contributed by atoms with Gasteiger partial charge in [-0.1, -0.05) is 41.9 Å². The molecular formula is C24H17ClN6O2S. The van der Waals surface area contributed by atoms with Crippen molar-refractivity contribution in [2.24, 2.45) is 10.2 Å². The van der Waals surface area contributed by atoms with E-state index in [4.69, 9.17) is 11.6 Å². The molecule has 3 aromatic carbocycles. The Morgan fingerprint density at radius 1 is 0.824 bits per heavy atom. The summed E-state index contributed by atoms with van der Waals surface area (Å²) in [6, 6.07) is 22.9. The summed E-state index contributed by atoms with van der Waals surface area (Å²) < 4.78 is 27.5. The average Bonchev–Trinajstić information content (AvgIpc) is 3.22. The molecule has 0 fully saturated rings. The maximum Gasteiger partial charge on any atom is 0.264 e. The Hall–Kier alpha value is -4.08. The van der Waals surface area contributed by atoms with Crippen molar-refractivity contribution in [3.8, 4) is 11.3 Å². The van der Waals surface area contributed by atoms with Crippen molar-refractivity contribution in [2.75, 3.05) is 4.72 Å². The van der Waals surface area contributed by atoms with Gasteiger partial charge < -0.3 is 4.98 Å². The van der Waals surface area contributed by atoms with Gasteiger partial charge in [0.15, 0.2) is 0 Å². The molecule has 2 heterocycles. The molecule has 0 spiro atoms. The zero-order chi connectivity index (χ0) is 23.5. The quantitative estimate of drug-likeness (QED) is 0.266. The normalized spacial score (nSPS) is 11.8. The van der Waals surface area contributed by atoms with E-state index in [1.165, 1.54) is 24.5 Å². The Morgan fingerprint density at radius 3 is 2.26 bits per heavy atom. The Labute approximate surface area is 200 Å². The molecule has 10 heteroatoms. The second-order valence-electron chi connectivity index (χ2n) is 7.27. The Bertz CT molecular complexity index is 1580. The number of benzene rings is 3. The van der Waals surface area contributed by atoms with Crippen LogP contribution >= 0.6 is 11.6 Å². The minimum absolute atomic E-state index is 0.000304. The minimum Gasteiger partial charge on any atom is -0.353 e. The van der Waals surface area contributed by atoms with Crippen LogP contribution in [0.5, 0.6) is 0 Å². The maximum atomic E-state index is 12.6. The molecule has 2 N–H and O–H groups in total. The Morgan fingerprint density at radius 2 is 1.53 bits per heavy atom. The van der Waals surface area contributed by atoms with Gasteiger partial charge in [0.1, 0.15) is 5.69 Å². The molecule has 0 unspecified atom stereocenters. The van der Waals surface area contributed by atoms with E-state index >= 15 is 0 Å². The lowest BCUT2D eigenvalue weighted by Crippen LogP contribution is -2.14. The highest BCUT2D eigenvalue weighted by atomic mass is 35.5. The van der Waals surface area contributed by atoms with Crippen LogP contribution in [0.15, 0.2) is 106 Å². The fourth-order valence-corrected chi connectivity index (χ4v) is 4.47. The highest BCUT2D eigenvalue weighted by Crippen LogP contribution is 2.38. The Kier molecular flexibility index (Phi) is 5.79. The summed E-state index contributed by atoms with van der Waals surface area (Å²) in [5.41, 5.74) is 3.84. The molecule has 0 aliphatic rings. The standard InChI is InChI=1S/C24H17ClN6O2S/c25-17-8-6-16(7-9-17)22-23(20-4-1-2-5-21(20)28-22)30-29-18-10-12-19(13-11-18)34(32,33)31-24-26-14-3-15-27-24/h1-15,28H,(H,26,27,31). The lowest BCUT2D eigenvalue weighted by Gasteiger charge is -2.06. The van der Waals surface area contributed by atoms with Gasteiger partial charge in [0.2, 0.25) is 5.95 Å². The minimum atomic E-state index is -3.83. The molecule has 0 saturated heterocycles. The molecule has 2 aromatic heterocycles. The molecule has 0 amide bonds. The van der Waals surface area contributed by atoms with Gasteiger partial charge in [-0.25, -0.2) is 23.1 Å². The van der Waals surface area contributed by atoms with Crippen molar-refractivity contribution < 1.29 is 8.42 Å². The summed E-state index contributed by atoms with van der Waals surface area (Å²) in [7, 11) is -3.83. The number of para-hydroxylation sites is 1. The van der Waals surface area contributed by atoms with Crippen LogP contribution in [0.3, 0.4) is 0 Å². The van der Waals surface area contributed by atoms with Crippen LogP contribution < -0.4 is 4.72 Å². The summed E-state index contributed by atoms with van der Waals surface area (Å²) in [6.07, 6.45) is 2.91. The van der Waals surface area contributed by atoms with Gasteiger partial charge in [0.05, 0.1) is 16.3 Å². The molecule has 8 nitrogen and oxygen atoms in total. The van der Waals surface area contributed by atoms with Crippen molar-refractivity contribution in [1.29, 1.82) is 0 Å². The summed E-state index contributed by atoms with van der Waals surface area (Å²) in [5.74, 6) is 0.000304. The molecule has 168 valence electrons. The lowest BCUT2D eigenvalue weighted by molar-refractivity contribution is 0.601. The van der Waals surface area contributed by atoms with Crippen molar-refractivity contribution in [1.82, 2.24) is 15.0 Å². The topological polar surface area (TPSA) is 112 Å². The van der Waals surface area contributed by atoms with Crippen LogP contribution in [0.25, 0.3) is 22.2 Å². The van der Waals surface area contributed by atoms with E-state index in [9.17, 15) is 8.42 Å². The van der Waals surface area contributed by atoms with Crippen molar-refractivity contribution in [3.63, 3.8) is 0 Å². The van der Waals surface area contributed by atoms with Crippen LogP contribution in [0.2, 0.25) is 5.02 Å². The Balaban J connectivity index is 1.45. The number of azo groups is 1. The van der Waals surface area contributed by atoms with Gasteiger partial charge in [0, 0.05) is 33.9 Å². The largest absolute Gasteiger partial charge is 0.353 e. The van der Waals surface area contributed by atoms with Gasteiger partial charge >= 0.3 is 0 Å². The van der Waals surface area contributed by atoms with E-state index in [2.05, 4.69) is 29.9 Å². The number of halogens is 1. The number of nitrogens with zero attached hydrogens (tertiary/aromatic N) is 4. The summed E-state index contributed by atoms with van der Waals surface area (Å²) in [4.78, 5) is 11.2. The fraction of sp³-hybridized carbons (Fsp3) is 0. The highest BCUT2D eigenvalue weighted by molar-refractivity contribution is 7.92. The number of aromatic nitrogens is 3. The van der Waals surface area contributed by atoms with Gasteiger partial charge in [-0.3, -0.25) is 0 Å². The van der Waals surface area contributed by atoms with Crippen LogP contribution in [-0.2, 0) is 10.0 Å². The molecule has 5 rings (SSSR count). The predicted octanol–water partition coefficient (Wildman–Crippen LogP) is 6.49. The molecule has 0 radical (unpaired) electrons. The maximum absolute atomic E-state index is 12.6. The van der Waals surface area contributed by atoms with Gasteiger partial charge in [-0.15, -0.1) is 5.11 Å². The molecule has 34 heavy (non-hydrogen) atoms. The monoisotopic (exact) mass is 488 g/mol. The molecular weight excluding hydrogens is 472 g/mol. The van der Waals surface area contributed by atoms with Crippen LogP contribution in [0.4, 0.5) is 17.3 Å². The van der Waals surface area contributed by atoms with Crippen molar-refractivity contribution in [2.45, 2.75) is 4.90 Å². The first-order valence-electron chi connectivity index (χ1n) is 10.2. The number of hydrogen-bond acceptors (Lipinski definition) is 6. The number of nitrogens with one attached hydrogen (secondary N) is 2. The average molecular weight is 489 g/mol. The first-order valence-corrected chi connectivity index (χ1v) is 12.0. The van der Waals surface area contributed by atoms with Crippen molar-refractivity contribution in [3.05, 3.63) is 96.3 Å². The van der Waals surface area contributed by atoms with E-state index in [1.54, 1.807) is 18.2 Å². The third-order valence-electron chi connectivity index (χ3n) is 5.02. The number of sulfonamides is 1. The number of H-pyrrole nitrogens is 1. The predicted molar refractivity (Wildman–Crippen MR) is 132 cm³/mol. The van der Waals surface area contributed by atoms with Crippen molar-refractivity contribution >= 4 is 49.9 Å². The first-order chi connectivity index (χ1) is 16.5. The van der Waals surface area contributed by atoms with Gasteiger partial charge in [-0.2, -0.15) is 5.11 Å². The smallest absolute Gasteiger partial charge is 0.264 e. The van der Waals surface area contributed by atoms with E-state index in [-0.39, 0.29) is 10.8 Å². The van der Waals surface area contributed by atoms with E-state index in [0.29, 0.717) is 16.4 Å². The lowest BCUT2D eigenvalue weighted by atomic mass is 10.1. The number of aromatic amines is 1. The zero-order valence-corrected chi connectivity index (χ0v) is 19.1. The van der Waals surface area contributed by atoms with Crippen LogP contribution in [0, 0.1) is 0 Å². The number of fused-ring (bicyclic) bond motifs is 1. The third kappa shape index (κ3) is 4.52. The summed E-state index contributed by atoms with van der Waals surface area (Å²) >= 11 is 6.04. The second-order valence-corrected chi connectivity index (χ2v) is 9.39. The van der Waals surface area contributed by atoms with E-state index in [1.807, 2.05) is 48.5 Å². The van der Waals surface area contributed by atoms with Crippen LogP contribution in [-0.4, -0.2) is 23.4 Å². The highest BCUT2D eigenvalue weighted by Gasteiger charge is 2.16. The number of hydrogen-bond donors (Lipinski definition) is 2. The zero-order valence-electron chi connectivity index (χ0n) is 17.6. The molecule has 0 bridgehead atoms. The fourth-order valence-electron chi connectivity index (χ4n) is 3.39. The molecule has 0 atom stereocenters. The van der Waals surface area contributed by atoms with Crippen LogP contribution in [0.1, 0.15) is 0 Å². The van der Waals surface area contributed by atoms with Gasteiger partial charge in [-0.05, 0) is 48.5 Å². The summed E-state index contributed by atoms with van der Waals surface area (Å²) in [6.45, 7) is 0. The molecule has 0 aliphatic heterocycles. The summed E-state index contributed by atoms with van der Waals surface area (Å²) in [5, 5.41) is 10.4. The number of anilines is 1. The second kappa shape index (κ2) is 9.05. The third-order valence-corrected chi connectivity index (χ3v) is 6.61. The van der Waals surface area contributed by atoms with E-state index < -0.39 is 10.0 Å².